The van der Waals surface area contributed by atoms with Crippen LogP contribution in [0.5, 0.6) is 0 Å². The first-order valence-electron chi connectivity index (χ1n) is 6.31. The van der Waals surface area contributed by atoms with Crippen LogP contribution in [0, 0.1) is 5.92 Å². The molecule has 1 aliphatic heterocycles. The van der Waals surface area contributed by atoms with E-state index in [1.54, 1.807) is 6.26 Å². The Balaban J connectivity index is 2.13. The van der Waals surface area contributed by atoms with Crippen molar-refractivity contribution >= 4 is 0 Å². The maximum Gasteiger partial charge on any atom is 0.121 e. The predicted octanol–water partition coefficient (Wildman–Crippen LogP) is 2.27. The second-order valence-corrected chi connectivity index (χ2v) is 4.63. The van der Waals surface area contributed by atoms with Gasteiger partial charge in [0.15, 0.2) is 0 Å². The molecule has 1 fully saturated rings. The maximum absolute atomic E-state index is 5.61. The minimum absolute atomic E-state index is 0.446. The van der Waals surface area contributed by atoms with Gasteiger partial charge in [-0.25, -0.2) is 0 Å². The average Bonchev–Trinajstić information content (AvgIpc) is 2.84. The Hall–Kier alpha value is -0.800. The zero-order chi connectivity index (χ0) is 11.4. The Morgan fingerprint density at radius 2 is 2.19 bits per heavy atom. The van der Waals surface area contributed by atoms with Crippen molar-refractivity contribution in [3.63, 3.8) is 0 Å². The summed E-state index contributed by atoms with van der Waals surface area (Å²) in [6, 6.07) is 4.55. The number of rotatable bonds is 4. The van der Waals surface area contributed by atoms with Gasteiger partial charge in [-0.05, 0) is 18.1 Å². The number of hydrogen-bond acceptors (Lipinski definition) is 3. The summed E-state index contributed by atoms with van der Waals surface area (Å²) < 4.78 is 5.61. The first-order valence-corrected chi connectivity index (χ1v) is 6.31. The molecule has 0 bridgehead atoms. The summed E-state index contributed by atoms with van der Waals surface area (Å²) in [7, 11) is 0. The van der Waals surface area contributed by atoms with Crippen LogP contribution in [0.1, 0.15) is 32.1 Å². The standard InChI is InChI=1S/C13H22N2O/c1-3-11(2)13(12-5-4-10-16-12)15-8-6-14-7-9-15/h4-5,10-11,13-14H,3,6-9H2,1-2H3/t11?,13-/m0/s1. The van der Waals surface area contributed by atoms with Crippen LogP contribution >= 0.6 is 0 Å². The molecule has 0 saturated carbocycles. The number of furan rings is 1. The van der Waals surface area contributed by atoms with E-state index in [2.05, 4.69) is 30.1 Å². The Morgan fingerprint density at radius 1 is 1.44 bits per heavy atom. The van der Waals surface area contributed by atoms with Crippen molar-refractivity contribution < 1.29 is 4.42 Å². The van der Waals surface area contributed by atoms with Crippen molar-refractivity contribution in [1.82, 2.24) is 10.2 Å². The highest BCUT2D eigenvalue weighted by Gasteiger charge is 2.28. The molecule has 3 nitrogen and oxygen atoms in total. The van der Waals surface area contributed by atoms with Crippen LogP contribution < -0.4 is 5.32 Å². The molecule has 0 amide bonds. The fraction of sp³-hybridized carbons (Fsp3) is 0.692. The van der Waals surface area contributed by atoms with E-state index in [0.29, 0.717) is 12.0 Å². The van der Waals surface area contributed by atoms with Crippen molar-refractivity contribution in [2.75, 3.05) is 26.2 Å². The molecule has 2 atom stereocenters. The summed E-state index contributed by atoms with van der Waals surface area (Å²) >= 11 is 0. The van der Waals surface area contributed by atoms with E-state index in [-0.39, 0.29) is 0 Å². The largest absolute Gasteiger partial charge is 0.468 e. The molecule has 2 heterocycles. The third-order valence-corrected chi connectivity index (χ3v) is 3.56. The first-order chi connectivity index (χ1) is 7.83. The van der Waals surface area contributed by atoms with Crippen LogP contribution in [0.3, 0.4) is 0 Å². The first kappa shape index (κ1) is 11.7. The monoisotopic (exact) mass is 222 g/mol. The van der Waals surface area contributed by atoms with Crippen LogP contribution in [0.25, 0.3) is 0 Å². The van der Waals surface area contributed by atoms with Crippen molar-refractivity contribution in [3.05, 3.63) is 24.2 Å². The molecular weight excluding hydrogens is 200 g/mol. The quantitative estimate of drug-likeness (QED) is 0.847. The molecule has 1 saturated heterocycles. The minimum Gasteiger partial charge on any atom is -0.468 e. The van der Waals surface area contributed by atoms with Crippen LogP contribution in [0.15, 0.2) is 22.8 Å². The summed E-state index contributed by atoms with van der Waals surface area (Å²) in [6.07, 6.45) is 2.97. The molecule has 1 unspecified atom stereocenters. The lowest BCUT2D eigenvalue weighted by atomic mass is 9.95. The molecule has 2 rings (SSSR count). The Bertz CT molecular complexity index is 291. The summed E-state index contributed by atoms with van der Waals surface area (Å²) in [5.41, 5.74) is 0. The summed E-state index contributed by atoms with van der Waals surface area (Å²) in [5.74, 6) is 1.76. The van der Waals surface area contributed by atoms with Gasteiger partial charge in [0.1, 0.15) is 5.76 Å². The van der Waals surface area contributed by atoms with E-state index in [4.69, 9.17) is 4.42 Å². The zero-order valence-electron chi connectivity index (χ0n) is 10.3. The van der Waals surface area contributed by atoms with E-state index in [9.17, 15) is 0 Å². The minimum atomic E-state index is 0.446. The van der Waals surface area contributed by atoms with Gasteiger partial charge >= 0.3 is 0 Å². The number of hydrogen-bond donors (Lipinski definition) is 1. The van der Waals surface area contributed by atoms with E-state index < -0.39 is 0 Å². The fourth-order valence-corrected chi connectivity index (χ4v) is 2.46. The normalized spacial score (nSPS) is 21.9. The highest BCUT2D eigenvalue weighted by molar-refractivity contribution is 5.06. The van der Waals surface area contributed by atoms with Gasteiger partial charge in [0.05, 0.1) is 12.3 Å². The second-order valence-electron chi connectivity index (χ2n) is 4.63. The van der Waals surface area contributed by atoms with Crippen molar-refractivity contribution in [3.8, 4) is 0 Å². The average molecular weight is 222 g/mol. The van der Waals surface area contributed by atoms with Gasteiger partial charge in [-0.15, -0.1) is 0 Å². The maximum atomic E-state index is 5.61. The van der Waals surface area contributed by atoms with Gasteiger partial charge < -0.3 is 9.73 Å². The smallest absolute Gasteiger partial charge is 0.121 e. The number of piperazine rings is 1. The lowest BCUT2D eigenvalue weighted by Crippen LogP contribution is -2.46. The van der Waals surface area contributed by atoms with Crippen LogP contribution in [-0.4, -0.2) is 31.1 Å². The molecule has 1 aromatic heterocycles. The Kier molecular flexibility index (Phi) is 4.02. The lowest BCUT2D eigenvalue weighted by molar-refractivity contribution is 0.110. The molecule has 1 N–H and O–H groups in total. The van der Waals surface area contributed by atoms with Crippen molar-refractivity contribution in [2.45, 2.75) is 26.3 Å². The van der Waals surface area contributed by atoms with Gasteiger partial charge in [0.2, 0.25) is 0 Å². The molecule has 16 heavy (non-hydrogen) atoms. The van der Waals surface area contributed by atoms with E-state index in [1.807, 2.05) is 6.07 Å². The van der Waals surface area contributed by atoms with Gasteiger partial charge in [0, 0.05) is 26.2 Å². The number of nitrogens with zero attached hydrogens (tertiary/aromatic N) is 1. The van der Waals surface area contributed by atoms with E-state index in [1.165, 1.54) is 6.42 Å². The molecule has 0 spiro atoms. The third kappa shape index (κ3) is 2.47. The molecule has 0 radical (unpaired) electrons. The predicted molar refractivity (Wildman–Crippen MR) is 65.3 cm³/mol. The fourth-order valence-electron chi connectivity index (χ4n) is 2.46. The van der Waals surface area contributed by atoms with Crippen molar-refractivity contribution in [2.24, 2.45) is 5.92 Å². The Labute approximate surface area is 97.8 Å². The molecule has 0 aliphatic carbocycles. The van der Waals surface area contributed by atoms with E-state index in [0.717, 1.165) is 31.9 Å². The van der Waals surface area contributed by atoms with Gasteiger partial charge in [-0.3, -0.25) is 4.90 Å². The molecule has 1 aliphatic rings. The number of nitrogens with one attached hydrogen (secondary N) is 1. The molecular formula is C13H22N2O. The summed E-state index contributed by atoms with van der Waals surface area (Å²) in [6.45, 7) is 8.99. The molecule has 90 valence electrons. The Morgan fingerprint density at radius 3 is 2.75 bits per heavy atom. The SMILES string of the molecule is CCC(C)[C@@H](c1ccco1)N1CCNCC1. The van der Waals surface area contributed by atoms with Crippen LogP contribution in [0.4, 0.5) is 0 Å². The van der Waals surface area contributed by atoms with Gasteiger partial charge in [-0.1, -0.05) is 20.3 Å². The molecule has 0 aromatic carbocycles. The van der Waals surface area contributed by atoms with Crippen LogP contribution in [-0.2, 0) is 0 Å². The third-order valence-electron chi connectivity index (χ3n) is 3.56. The van der Waals surface area contributed by atoms with Gasteiger partial charge in [-0.2, -0.15) is 0 Å². The summed E-state index contributed by atoms with van der Waals surface area (Å²) in [4.78, 5) is 2.55. The second kappa shape index (κ2) is 5.51. The highest BCUT2D eigenvalue weighted by atomic mass is 16.3. The lowest BCUT2D eigenvalue weighted by Gasteiger charge is -2.36. The molecule has 1 aromatic rings. The van der Waals surface area contributed by atoms with Crippen molar-refractivity contribution in [1.29, 1.82) is 0 Å². The molecule has 3 heteroatoms. The zero-order valence-corrected chi connectivity index (χ0v) is 10.3. The highest BCUT2D eigenvalue weighted by Crippen LogP contribution is 2.31. The topological polar surface area (TPSA) is 28.4 Å². The van der Waals surface area contributed by atoms with Gasteiger partial charge in [0.25, 0.3) is 0 Å². The summed E-state index contributed by atoms with van der Waals surface area (Å²) in [5, 5.41) is 3.40. The van der Waals surface area contributed by atoms with Crippen LogP contribution in [0.2, 0.25) is 0 Å². The van der Waals surface area contributed by atoms with E-state index >= 15 is 0 Å².